The van der Waals surface area contributed by atoms with Gasteiger partial charge in [-0.15, -0.1) is 0 Å². The Balaban J connectivity index is 2.90. The maximum atomic E-state index is 14.2. The van der Waals surface area contributed by atoms with Gasteiger partial charge in [0.05, 0.1) is 25.7 Å². The van der Waals surface area contributed by atoms with Crippen molar-refractivity contribution in [2.45, 2.75) is 46.2 Å². The summed E-state index contributed by atoms with van der Waals surface area (Å²) in [5, 5.41) is 12.4. The third kappa shape index (κ3) is 4.60. The van der Waals surface area contributed by atoms with Gasteiger partial charge in [0.15, 0.2) is 11.5 Å². The first kappa shape index (κ1) is 18.2. The van der Waals surface area contributed by atoms with E-state index in [0.717, 1.165) is 0 Å². The molecule has 0 saturated heterocycles. The molecule has 0 saturated carbocycles. The van der Waals surface area contributed by atoms with Gasteiger partial charge in [0.1, 0.15) is 5.82 Å². The number of halogens is 1. The van der Waals surface area contributed by atoms with E-state index in [1.807, 2.05) is 27.7 Å². The Bertz CT molecular complexity index is 552. The lowest BCUT2D eigenvalue weighted by Crippen LogP contribution is -2.33. The van der Waals surface area contributed by atoms with Crippen molar-refractivity contribution in [1.29, 1.82) is 5.26 Å². The molecular weight excluding hydrogens is 283 g/mol. The Morgan fingerprint density at radius 1 is 1.23 bits per heavy atom. The molecule has 1 aromatic carbocycles. The van der Waals surface area contributed by atoms with Gasteiger partial charge >= 0.3 is 0 Å². The van der Waals surface area contributed by atoms with E-state index < -0.39 is 5.41 Å². The van der Waals surface area contributed by atoms with Crippen molar-refractivity contribution >= 4 is 0 Å². The van der Waals surface area contributed by atoms with Gasteiger partial charge in [-0.2, -0.15) is 5.26 Å². The highest BCUT2D eigenvalue weighted by Crippen LogP contribution is 2.33. The van der Waals surface area contributed by atoms with Gasteiger partial charge in [-0.1, -0.05) is 0 Å². The Hall–Kier alpha value is -1.80. The van der Waals surface area contributed by atoms with Crippen molar-refractivity contribution < 1.29 is 13.9 Å². The molecular formula is C17H25FN2O2. The van der Waals surface area contributed by atoms with Crippen molar-refractivity contribution in [3.63, 3.8) is 0 Å². The van der Waals surface area contributed by atoms with Crippen molar-refractivity contribution in [2.75, 3.05) is 14.2 Å². The molecule has 1 rings (SSSR count). The van der Waals surface area contributed by atoms with E-state index in [-0.39, 0.29) is 17.9 Å². The average molecular weight is 308 g/mol. The molecule has 0 aliphatic carbocycles. The van der Waals surface area contributed by atoms with Gasteiger partial charge in [-0.3, -0.25) is 0 Å². The number of hydrogen-bond acceptors (Lipinski definition) is 4. The number of nitrogens with one attached hydrogen (secondary N) is 1. The minimum atomic E-state index is -0.414. The van der Waals surface area contributed by atoms with Crippen LogP contribution in [0.2, 0.25) is 0 Å². The van der Waals surface area contributed by atoms with E-state index >= 15 is 0 Å². The predicted octanol–water partition coefficient (Wildman–Crippen LogP) is 3.82. The highest BCUT2D eigenvalue weighted by molar-refractivity contribution is 5.44. The standard InChI is InChI=1S/C17H25FN2O2/c1-11(9-17(3,4)10-19)20-12(2)13-7-15(21-5)16(22-6)8-14(13)18/h7-8,11-12,20H,9H2,1-6H3/t11-,12+/m0/s1. The van der Waals surface area contributed by atoms with Crippen LogP contribution in [-0.2, 0) is 0 Å². The zero-order valence-corrected chi connectivity index (χ0v) is 14.2. The quantitative estimate of drug-likeness (QED) is 0.832. The normalized spacial score (nSPS) is 14.1. The van der Waals surface area contributed by atoms with Gasteiger partial charge in [-0.25, -0.2) is 4.39 Å². The molecule has 2 atom stereocenters. The van der Waals surface area contributed by atoms with Gasteiger partial charge < -0.3 is 14.8 Å². The van der Waals surface area contributed by atoms with Crippen LogP contribution in [0, 0.1) is 22.6 Å². The molecule has 0 aromatic heterocycles. The molecule has 5 heteroatoms. The van der Waals surface area contributed by atoms with E-state index in [1.54, 1.807) is 6.07 Å². The molecule has 22 heavy (non-hydrogen) atoms. The second-order valence-corrected chi connectivity index (χ2v) is 6.22. The van der Waals surface area contributed by atoms with Gasteiger partial charge in [0.2, 0.25) is 0 Å². The SMILES string of the molecule is COc1cc(F)c([C@@H](C)N[C@@H](C)CC(C)(C)C#N)cc1OC. The fourth-order valence-corrected chi connectivity index (χ4v) is 2.59. The first-order valence-electron chi connectivity index (χ1n) is 7.32. The molecule has 1 aromatic rings. The van der Waals surface area contributed by atoms with Crippen LogP contribution < -0.4 is 14.8 Å². The van der Waals surface area contributed by atoms with E-state index in [4.69, 9.17) is 14.7 Å². The predicted molar refractivity (Wildman–Crippen MR) is 84.5 cm³/mol. The molecule has 0 fully saturated rings. The summed E-state index contributed by atoms with van der Waals surface area (Å²) in [6, 6.07) is 5.13. The van der Waals surface area contributed by atoms with Crippen molar-refractivity contribution in [3.05, 3.63) is 23.5 Å². The second-order valence-electron chi connectivity index (χ2n) is 6.22. The number of methoxy groups -OCH3 is 2. The molecule has 0 unspecified atom stereocenters. The molecule has 4 nitrogen and oxygen atoms in total. The highest BCUT2D eigenvalue weighted by Gasteiger charge is 2.23. The fraction of sp³-hybridized carbons (Fsp3) is 0.588. The van der Waals surface area contributed by atoms with Crippen molar-refractivity contribution in [2.24, 2.45) is 5.41 Å². The monoisotopic (exact) mass is 308 g/mol. The molecule has 0 spiro atoms. The van der Waals surface area contributed by atoms with Gasteiger partial charge in [0.25, 0.3) is 0 Å². The van der Waals surface area contributed by atoms with Crippen molar-refractivity contribution in [3.8, 4) is 17.6 Å². The lowest BCUT2D eigenvalue weighted by Gasteiger charge is -2.26. The van der Waals surface area contributed by atoms with Crippen LogP contribution in [0.4, 0.5) is 4.39 Å². The van der Waals surface area contributed by atoms with E-state index in [1.165, 1.54) is 20.3 Å². The summed E-state index contributed by atoms with van der Waals surface area (Å²) < 4.78 is 24.5. The molecule has 0 heterocycles. The number of nitrogens with zero attached hydrogens (tertiary/aromatic N) is 1. The summed E-state index contributed by atoms with van der Waals surface area (Å²) in [5.41, 5.74) is 0.0988. The Morgan fingerprint density at radius 3 is 2.27 bits per heavy atom. The van der Waals surface area contributed by atoms with Crippen molar-refractivity contribution in [1.82, 2.24) is 5.32 Å². The molecule has 0 radical (unpaired) electrons. The van der Waals surface area contributed by atoms with Crippen LogP contribution in [0.3, 0.4) is 0 Å². The van der Waals surface area contributed by atoms with Crippen LogP contribution in [-0.4, -0.2) is 20.3 Å². The molecule has 0 aliphatic rings. The molecule has 0 aliphatic heterocycles. The topological polar surface area (TPSA) is 54.3 Å². The number of ether oxygens (including phenoxy) is 2. The smallest absolute Gasteiger partial charge is 0.163 e. The lowest BCUT2D eigenvalue weighted by molar-refractivity contribution is 0.339. The highest BCUT2D eigenvalue weighted by atomic mass is 19.1. The van der Waals surface area contributed by atoms with Crippen LogP contribution >= 0.6 is 0 Å². The van der Waals surface area contributed by atoms with E-state index in [2.05, 4.69) is 11.4 Å². The average Bonchev–Trinajstić information content (AvgIpc) is 2.45. The van der Waals surface area contributed by atoms with Crippen LogP contribution in [0.25, 0.3) is 0 Å². The fourth-order valence-electron chi connectivity index (χ4n) is 2.59. The van der Waals surface area contributed by atoms with Crippen LogP contribution in [0.1, 0.15) is 45.7 Å². The largest absolute Gasteiger partial charge is 0.493 e. The zero-order chi connectivity index (χ0) is 16.9. The van der Waals surface area contributed by atoms with E-state index in [9.17, 15) is 4.39 Å². The molecule has 0 amide bonds. The maximum absolute atomic E-state index is 14.2. The minimum Gasteiger partial charge on any atom is -0.493 e. The van der Waals surface area contributed by atoms with Gasteiger partial charge in [-0.05, 0) is 40.2 Å². The van der Waals surface area contributed by atoms with Crippen LogP contribution in [0.5, 0.6) is 11.5 Å². The Morgan fingerprint density at radius 2 is 1.77 bits per heavy atom. The first-order chi connectivity index (χ1) is 10.2. The van der Waals surface area contributed by atoms with Crippen LogP contribution in [0.15, 0.2) is 12.1 Å². The Kier molecular flexibility index (Phi) is 6.19. The molecule has 1 N–H and O–H groups in total. The number of benzene rings is 1. The molecule has 122 valence electrons. The third-order valence-corrected chi connectivity index (χ3v) is 3.62. The van der Waals surface area contributed by atoms with E-state index in [0.29, 0.717) is 23.5 Å². The van der Waals surface area contributed by atoms with Gasteiger partial charge in [0, 0.05) is 23.7 Å². The summed E-state index contributed by atoms with van der Waals surface area (Å²) in [7, 11) is 3.00. The zero-order valence-electron chi connectivity index (χ0n) is 14.2. The minimum absolute atomic E-state index is 0.0807. The lowest BCUT2D eigenvalue weighted by atomic mass is 9.87. The molecule has 0 bridgehead atoms. The summed E-state index contributed by atoms with van der Waals surface area (Å²) >= 11 is 0. The summed E-state index contributed by atoms with van der Waals surface area (Å²) in [6.07, 6.45) is 0.683. The Labute approximate surface area is 132 Å². The number of hydrogen-bond donors (Lipinski definition) is 1. The summed E-state index contributed by atoms with van der Waals surface area (Å²) in [5.74, 6) is 0.525. The first-order valence-corrected chi connectivity index (χ1v) is 7.32. The number of nitriles is 1. The summed E-state index contributed by atoms with van der Waals surface area (Å²) in [4.78, 5) is 0. The second kappa shape index (κ2) is 7.46. The summed E-state index contributed by atoms with van der Waals surface area (Å²) in [6.45, 7) is 7.67. The third-order valence-electron chi connectivity index (χ3n) is 3.62. The number of rotatable bonds is 7. The maximum Gasteiger partial charge on any atom is 0.163 e.